The van der Waals surface area contributed by atoms with Crippen molar-refractivity contribution in [1.82, 2.24) is 4.98 Å². The van der Waals surface area contributed by atoms with Crippen molar-refractivity contribution in [2.24, 2.45) is 5.73 Å². The smallest absolute Gasteiger partial charge is 0.122 e. The van der Waals surface area contributed by atoms with Crippen LogP contribution in [0.25, 0.3) is 11.3 Å². The molecule has 2 rings (SSSR count). The Balaban J connectivity index is 2.34. The summed E-state index contributed by atoms with van der Waals surface area (Å²) in [5, 5.41) is 3.02. The Morgan fingerprint density at radius 2 is 2.17 bits per heavy atom. The molecule has 0 bridgehead atoms. The average molecular weight is 262 g/mol. The van der Waals surface area contributed by atoms with Gasteiger partial charge in [-0.25, -0.2) is 4.98 Å². The first-order valence-electron chi connectivity index (χ1n) is 6.19. The van der Waals surface area contributed by atoms with Gasteiger partial charge in [0, 0.05) is 17.5 Å². The van der Waals surface area contributed by atoms with E-state index in [1.807, 2.05) is 13.0 Å². The zero-order valence-corrected chi connectivity index (χ0v) is 11.6. The SMILES string of the molecule is CCOc1ccc(-c2csc(CN)n2)cc1CC. The van der Waals surface area contributed by atoms with Gasteiger partial charge in [-0.1, -0.05) is 6.92 Å². The van der Waals surface area contributed by atoms with Gasteiger partial charge in [-0.05, 0) is 37.1 Å². The van der Waals surface area contributed by atoms with Gasteiger partial charge in [0.25, 0.3) is 0 Å². The predicted molar refractivity (Wildman–Crippen MR) is 76.0 cm³/mol. The number of aromatic nitrogens is 1. The molecule has 0 atom stereocenters. The second kappa shape index (κ2) is 5.98. The van der Waals surface area contributed by atoms with Crippen LogP contribution in [0, 0.1) is 0 Å². The molecule has 0 saturated heterocycles. The number of nitrogens with zero attached hydrogens (tertiary/aromatic N) is 1. The summed E-state index contributed by atoms with van der Waals surface area (Å²) in [5.74, 6) is 0.970. The summed E-state index contributed by atoms with van der Waals surface area (Å²) in [6, 6.07) is 6.24. The van der Waals surface area contributed by atoms with E-state index in [1.165, 1.54) is 5.56 Å². The molecule has 0 aliphatic heterocycles. The molecule has 4 heteroatoms. The summed E-state index contributed by atoms with van der Waals surface area (Å²) >= 11 is 1.60. The third-order valence-corrected chi connectivity index (χ3v) is 3.63. The maximum Gasteiger partial charge on any atom is 0.122 e. The van der Waals surface area contributed by atoms with Crippen molar-refractivity contribution in [3.63, 3.8) is 0 Å². The summed E-state index contributed by atoms with van der Waals surface area (Å²) in [7, 11) is 0. The van der Waals surface area contributed by atoms with Crippen molar-refractivity contribution in [3.05, 3.63) is 34.2 Å². The van der Waals surface area contributed by atoms with E-state index in [2.05, 4.69) is 29.4 Å². The highest BCUT2D eigenvalue weighted by atomic mass is 32.1. The number of ether oxygens (including phenoxy) is 1. The third kappa shape index (κ3) is 2.71. The van der Waals surface area contributed by atoms with Crippen LogP contribution in [-0.2, 0) is 13.0 Å². The van der Waals surface area contributed by atoms with Crippen molar-refractivity contribution in [2.75, 3.05) is 6.61 Å². The fourth-order valence-corrected chi connectivity index (χ4v) is 2.53. The molecule has 0 fully saturated rings. The number of nitrogens with two attached hydrogens (primary N) is 1. The van der Waals surface area contributed by atoms with Gasteiger partial charge in [0.15, 0.2) is 0 Å². The number of rotatable bonds is 5. The van der Waals surface area contributed by atoms with E-state index < -0.39 is 0 Å². The first kappa shape index (κ1) is 13.1. The Labute approximate surface area is 112 Å². The van der Waals surface area contributed by atoms with E-state index in [0.717, 1.165) is 28.4 Å². The molecule has 1 aromatic carbocycles. The van der Waals surface area contributed by atoms with E-state index in [4.69, 9.17) is 10.5 Å². The third-order valence-electron chi connectivity index (χ3n) is 2.76. The lowest BCUT2D eigenvalue weighted by Gasteiger charge is -2.09. The van der Waals surface area contributed by atoms with Crippen LogP contribution in [0.5, 0.6) is 5.75 Å². The maximum absolute atomic E-state index is 5.61. The zero-order valence-electron chi connectivity index (χ0n) is 10.8. The zero-order chi connectivity index (χ0) is 13.0. The van der Waals surface area contributed by atoms with Crippen molar-refractivity contribution in [1.29, 1.82) is 0 Å². The van der Waals surface area contributed by atoms with E-state index in [0.29, 0.717) is 13.2 Å². The van der Waals surface area contributed by atoms with Gasteiger partial charge >= 0.3 is 0 Å². The van der Waals surface area contributed by atoms with Gasteiger partial charge in [0.1, 0.15) is 10.8 Å². The van der Waals surface area contributed by atoms with Crippen molar-refractivity contribution < 1.29 is 4.74 Å². The van der Waals surface area contributed by atoms with E-state index in [-0.39, 0.29) is 0 Å². The van der Waals surface area contributed by atoms with Crippen LogP contribution >= 0.6 is 11.3 Å². The number of aryl methyl sites for hydroxylation is 1. The largest absolute Gasteiger partial charge is 0.494 e. The number of benzene rings is 1. The fourth-order valence-electron chi connectivity index (χ4n) is 1.85. The monoisotopic (exact) mass is 262 g/mol. The maximum atomic E-state index is 5.61. The molecule has 96 valence electrons. The van der Waals surface area contributed by atoms with Gasteiger partial charge in [-0.15, -0.1) is 11.3 Å². The number of thiazole rings is 1. The minimum atomic E-state index is 0.502. The van der Waals surface area contributed by atoms with Crippen LogP contribution < -0.4 is 10.5 Å². The van der Waals surface area contributed by atoms with Crippen LogP contribution in [0.3, 0.4) is 0 Å². The normalized spacial score (nSPS) is 10.6. The number of hydrogen-bond acceptors (Lipinski definition) is 4. The summed E-state index contributed by atoms with van der Waals surface area (Å²) in [6.07, 6.45) is 0.955. The molecule has 0 saturated carbocycles. The van der Waals surface area contributed by atoms with Gasteiger partial charge in [0.05, 0.1) is 12.3 Å². The Morgan fingerprint density at radius 3 is 2.78 bits per heavy atom. The Bertz CT molecular complexity index is 522. The van der Waals surface area contributed by atoms with Crippen molar-refractivity contribution in [2.45, 2.75) is 26.8 Å². The molecule has 0 radical (unpaired) electrons. The van der Waals surface area contributed by atoms with Crippen LogP contribution in [0.2, 0.25) is 0 Å². The molecule has 2 aromatic rings. The molecule has 3 nitrogen and oxygen atoms in total. The molecule has 0 spiro atoms. The van der Waals surface area contributed by atoms with Crippen LogP contribution in [0.1, 0.15) is 24.4 Å². The molecule has 1 aromatic heterocycles. The fraction of sp³-hybridized carbons (Fsp3) is 0.357. The highest BCUT2D eigenvalue weighted by Crippen LogP contribution is 2.28. The summed E-state index contributed by atoms with van der Waals surface area (Å²) in [4.78, 5) is 4.50. The second-order valence-electron chi connectivity index (χ2n) is 3.94. The lowest BCUT2D eigenvalue weighted by molar-refractivity contribution is 0.337. The lowest BCUT2D eigenvalue weighted by Crippen LogP contribution is -1.97. The molecule has 0 aliphatic rings. The Morgan fingerprint density at radius 1 is 1.33 bits per heavy atom. The van der Waals surface area contributed by atoms with E-state index >= 15 is 0 Å². The van der Waals surface area contributed by atoms with Gasteiger partial charge in [-0.2, -0.15) is 0 Å². The lowest BCUT2D eigenvalue weighted by atomic mass is 10.1. The molecular weight excluding hydrogens is 244 g/mol. The average Bonchev–Trinajstić information content (AvgIpc) is 2.88. The highest BCUT2D eigenvalue weighted by molar-refractivity contribution is 7.09. The van der Waals surface area contributed by atoms with E-state index in [9.17, 15) is 0 Å². The molecule has 18 heavy (non-hydrogen) atoms. The molecular formula is C14H18N2OS. The van der Waals surface area contributed by atoms with Crippen LogP contribution in [0.4, 0.5) is 0 Å². The molecule has 0 unspecified atom stereocenters. The summed E-state index contributed by atoms with van der Waals surface area (Å²) in [6.45, 7) is 5.33. The van der Waals surface area contributed by atoms with Gasteiger partial charge < -0.3 is 10.5 Å². The summed E-state index contributed by atoms with van der Waals surface area (Å²) in [5.41, 5.74) is 8.94. The molecule has 0 aliphatic carbocycles. The van der Waals surface area contributed by atoms with Crippen LogP contribution in [0.15, 0.2) is 23.6 Å². The van der Waals surface area contributed by atoms with Crippen molar-refractivity contribution in [3.8, 4) is 17.0 Å². The van der Waals surface area contributed by atoms with Crippen LogP contribution in [-0.4, -0.2) is 11.6 Å². The highest BCUT2D eigenvalue weighted by Gasteiger charge is 2.07. The molecule has 2 N–H and O–H groups in total. The topological polar surface area (TPSA) is 48.1 Å². The molecule has 0 amide bonds. The Hall–Kier alpha value is -1.39. The minimum Gasteiger partial charge on any atom is -0.494 e. The van der Waals surface area contributed by atoms with E-state index in [1.54, 1.807) is 11.3 Å². The quantitative estimate of drug-likeness (QED) is 0.900. The number of hydrogen-bond donors (Lipinski definition) is 1. The summed E-state index contributed by atoms with van der Waals surface area (Å²) < 4.78 is 5.61. The second-order valence-corrected chi connectivity index (χ2v) is 4.88. The Kier molecular flexibility index (Phi) is 4.33. The van der Waals surface area contributed by atoms with Crippen molar-refractivity contribution >= 4 is 11.3 Å². The molecule has 1 heterocycles. The first-order valence-corrected chi connectivity index (χ1v) is 7.07. The van der Waals surface area contributed by atoms with Gasteiger partial charge in [0.2, 0.25) is 0 Å². The minimum absolute atomic E-state index is 0.502. The predicted octanol–water partition coefficient (Wildman–Crippen LogP) is 3.23. The van der Waals surface area contributed by atoms with Gasteiger partial charge in [-0.3, -0.25) is 0 Å². The standard InChI is InChI=1S/C14H18N2OS/c1-3-10-7-11(5-6-13(10)17-4-2)12-9-18-14(8-15)16-12/h5-7,9H,3-4,8,15H2,1-2H3. The first-order chi connectivity index (χ1) is 8.78.